The lowest BCUT2D eigenvalue weighted by Crippen LogP contribution is -2.32. The van der Waals surface area contributed by atoms with Crippen LogP contribution in [0.15, 0.2) is 24.3 Å². The number of rotatable bonds is 2. The van der Waals surface area contributed by atoms with Crippen LogP contribution in [0.25, 0.3) is 0 Å². The number of amides is 1. The van der Waals surface area contributed by atoms with E-state index in [1.807, 2.05) is 13.8 Å². The van der Waals surface area contributed by atoms with Crippen LogP contribution >= 0.6 is 0 Å². The molecule has 0 fully saturated rings. The van der Waals surface area contributed by atoms with E-state index in [0.717, 1.165) is 0 Å². The Morgan fingerprint density at radius 2 is 1.79 bits per heavy atom. The molecule has 1 aromatic rings. The molecule has 14 heavy (non-hydrogen) atoms. The van der Waals surface area contributed by atoms with E-state index in [1.54, 1.807) is 24.1 Å². The van der Waals surface area contributed by atoms with Gasteiger partial charge in [-0.1, -0.05) is 0 Å². The minimum Gasteiger partial charge on any atom is -0.508 e. The van der Waals surface area contributed by atoms with Gasteiger partial charge in [0.15, 0.2) is 0 Å². The summed E-state index contributed by atoms with van der Waals surface area (Å²) >= 11 is 0. The van der Waals surface area contributed by atoms with E-state index in [4.69, 9.17) is 5.11 Å². The molecule has 0 saturated carbocycles. The van der Waals surface area contributed by atoms with Gasteiger partial charge in [-0.25, -0.2) is 0 Å². The summed E-state index contributed by atoms with van der Waals surface area (Å²) in [6.45, 7) is 3.91. The third-order valence-corrected chi connectivity index (χ3v) is 2.21. The van der Waals surface area contributed by atoms with Crippen molar-refractivity contribution in [3.05, 3.63) is 29.8 Å². The average Bonchev–Trinajstić information content (AvgIpc) is 2.16. The number of carbonyl (C=O) groups is 1. The van der Waals surface area contributed by atoms with Gasteiger partial charge < -0.3 is 10.0 Å². The van der Waals surface area contributed by atoms with E-state index in [-0.39, 0.29) is 17.7 Å². The maximum Gasteiger partial charge on any atom is 0.253 e. The summed E-state index contributed by atoms with van der Waals surface area (Å²) < 4.78 is 0. The standard InChI is InChI=1S/C11H15NO2/c1-8(2)12(3)11(14)9-4-6-10(13)7-5-9/h4-8,13H,1-3H3. The van der Waals surface area contributed by atoms with Gasteiger partial charge in [0.2, 0.25) is 0 Å². The van der Waals surface area contributed by atoms with Crippen molar-refractivity contribution in [1.82, 2.24) is 4.90 Å². The highest BCUT2D eigenvalue weighted by Gasteiger charge is 2.13. The summed E-state index contributed by atoms with van der Waals surface area (Å²) in [7, 11) is 1.76. The van der Waals surface area contributed by atoms with Gasteiger partial charge >= 0.3 is 0 Å². The summed E-state index contributed by atoms with van der Waals surface area (Å²) in [5, 5.41) is 9.06. The molecule has 1 amide bonds. The number of hydrogen-bond acceptors (Lipinski definition) is 2. The number of nitrogens with zero attached hydrogens (tertiary/aromatic N) is 1. The van der Waals surface area contributed by atoms with Crippen LogP contribution in [0.2, 0.25) is 0 Å². The smallest absolute Gasteiger partial charge is 0.253 e. The zero-order valence-electron chi connectivity index (χ0n) is 8.69. The average molecular weight is 193 g/mol. The molecule has 0 unspecified atom stereocenters. The molecule has 0 aliphatic heterocycles. The summed E-state index contributed by atoms with van der Waals surface area (Å²) in [6, 6.07) is 6.45. The van der Waals surface area contributed by atoms with Crippen LogP contribution in [0.4, 0.5) is 0 Å². The van der Waals surface area contributed by atoms with Crippen LogP contribution in [0, 0.1) is 0 Å². The van der Waals surface area contributed by atoms with E-state index in [9.17, 15) is 4.79 Å². The third-order valence-electron chi connectivity index (χ3n) is 2.21. The van der Waals surface area contributed by atoms with Crippen LogP contribution in [0.5, 0.6) is 5.75 Å². The number of hydrogen-bond donors (Lipinski definition) is 1. The van der Waals surface area contributed by atoms with Gasteiger partial charge in [-0.15, -0.1) is 0 Å². The molecule has 76 valence electrons. The number of benzene rings is 1. The Kier molecular flexibility index (Phi) is 3.12. The monoisotopic (exact) mass is 193 g/mol. The Morgan fingerprint density at radius 1 is 1.29 bits per heavy atom. The lowest BCUT2D eigenvalue weighted by molar-refractivity contribution is 0.0755. The second kappa shape index (κ2) is 4.13. The van der Waals surface area contributed by atoms with Crippen molar-refractivity contribution in [2.75, 3.05) is 7.05 Å². The van der Waals surface area contributed by atoms with Crippen LogP contribution in [-0.4, -0.2) is 29.0 Å². The highest BCUT2D eigenvalue weighted by atomic mass is 16.3. The second-order valence-electron chi connectivity index (χ2n) is 3.56. The molecule has 0 saturated heterocycles. The molecule has 0 aliphatic rings. The summed E-state index contributed by atoms with van der Waals surface area (Å²) in [5.74, 6) is 0.147. The first-order chi connectivity index (χ1) is 6.52. The summed E-state index contributed by atoms with van der Waals surface area (Å²) in [5.41, 5.74) is 0.596. The predicted molar refractivity (Wildman–Crippen MR) is 55.3 cm³/mol. The van der Waals surface area contributed by atoms with E-state index in [1.165, 1.54) is 12.1 Å². The van der Waals surface area contributed by atoms with Gasteiger partial charge in [0.25, 0.3) is 5.91 Å². The lowest BCUT2D eigenvalue weighted by Gasteiger charge is -2.21. The van der Waals surface area contributed by atoms with Crippen molar-refractivity contribution < 1.29 is 9.90 Å². The van der Waals surface area contributed by atoms with Crippen LogP contribution in [0.3, 0.4) is 0 Å². The van der Waals surface area contributed by atoms with Gasteiger partial charge in [0.1, 0.15) is 5.75 Å². The fourth-order valence-electron chi connectivity index (χ4n) is 1.04. The molecule has 0 atom stereocenters. The number of phenols is 1. The molecule has 0 bridgehead atoms. The zero-order chi connectivity index (χ0) is 10.7. The van der Waals surface area contributed by atoms with E-state index in [2.05, 4.69) is 0 Å². The Bertz CT molecular complexity index is 317. The summed E-state index contributed by atoms with van der Waals surface area (Å²) in [6.07, 6.45) is 0. The van der Waals surface area contributed by atoms with E-state index < -0.39 is 0 Å². The molecule has 0 aliphatic carbocycles. The molecule has 0 radical (unpaired) electrons. The van der Waals surface area contributed by atoms with Crippen molar-refractivity contribution in [3.8, 4) is 5.75 Å². The normalized spacial score (nSPS) is 10.3. The molecule has 3 nitrogen and oxygen atoms in total. The van der Waals surface area contributed by atoms with Gasteiger partial charge in [-0.2, -0.15) is 0 Å². The SMILES string of the molecule is CC(C)N(C)C(=O)c1ccc(O)cc1. The Hall–Kier alpha value is -1.51. The van der Waals surface area contributed by atoms with Gasteiger partial charge in [0, 0.05) is 18.7 Å². The molecule has 1 rings (SSSR count). The topological polar surface area (TPSA) is 40.5 Å². The lowest BCUT2D eigenvalue weighted by atomic mass is 10.2. The first-order valence-corrected chi connectivity index (χ1v) is 4.58. The van der Waals surface area contributed by atoms with Crippen molar-refractivity contribution in [2.24, 2.45) is 0 Å². The second-order valence-corrected chi connectivity index (χ2v) is 3.56. The van der Waals surface area contributed by atoms with Crippen molar-refractivity contribution >= 4 is 5.91 Å². The van der Waals surface area contributed by atoms with Gasteiger partial charge in [-0.05, 0) is 38.1 Å². The first-order valence-electron chi connectivity index (χ1n) is 4.58. The minimum atomic E-state index is -0.0278. The fraction of sp³-hybridized carbons (Fsp3) is 0.364. The number of carbonyl (C=O) groups excluding carboxylic acids is 1. The molecule has 1 N–H and O–H groups in total. The fourth-order valence-corrected chi connectivity index (χ4v) is 1.04. The maximum absolute atomic E-state index is 11.7. The van der Waals surface area contributed by atoms with E-state index in [0.29, 0.717) is 5.56 Å². The van der Waals surface area contributed by atoms with Gasteiger partial charge in [-0.3, -0.25) is 4.79 Å². The molecule has 0 spiro atoms. The van der Waals surface area contributed by atoms with Crippen LogP contribution in [0.1, 0.15) is 24.2 Å². The molecule has 3 heteroatoms. The van der Waals surface area contributed by atoms with Crippen LogP contribution < -0.4 is 0 Å². The molecule has 1 aromatic carbocycles. The Morgan fingerprint density at radius 3 is 2.21 bits per heavy atom. The molecule has 0 heterocycles. The largest absolute Gasteiger partial charge is 0.508 e. The minimum absolute atomic E-state index is 0.0278. The van der Waals surface area contributed by atoms with Crippen molar-refractivity contribution in [2.45, 2.75) is 19.9 Å². The highest BCUT2D eigenvalue weighted by Crippen LogP contribution is 2.12. The quantitative estimate of drug-likeness (QED) is 0.779. The number of aromatic hydroxyl groups is 1. The molecular formula is C11H15NO2. The van der Waals surface area contributed by atoms with Crippen molar-refractivity contribution in [1.29, 1.82) is 0 Å². The van der Waals surface area contributed by atoms with Gasteiger partial charge in [0.05, 0.1) is 0 Å². The van der Waals surface area contributed by atoms with Crippen LogP contribution in [-0.2, 0) is 0 Å². The van der Waals surface area contributed by atoms with Crippen molar-refractivity contribution in [3.63, 3.8) is 0 Å². The highest BCUT2D eigenvalue weighted by molar-refractivity contribution is 5.94. The predicted octanol–water partition coefficient (Wildman–Crippen LogP) is 1.87. The molecular weight excluding hydrogens is 178 g/mol. The number of phenolic OH excluding ortho intramolecular Hbond substituents is 1. The van der Waals surface area contributed by atoms with E-state index >= 15 is 0 Å². The Labute approximate surface area is 84.0 Å². The summed E-state index contributed by atoms with van der Waals surface area (Å²) in [4.78, 5) is 13.4. The zero-order valence-corrected chi connectivity index (χ0v) is 8.69. The third kappa shape index (κ3) is 2.25. The molecule has 0 aromatic heterocycles. The Balaban J connectivity index is 2.84. The maximum atomic E-state index is 11.7. The first kappa shape index (κ1) is 10.6.